The largest absolute Gasteiger partial charge is 0.478 e. The van der Waals surface area contributed by atoms with E-state index < -0.39 is 5.97 Å². The molecule has 18 heavy (non-hydrogen) atoms. The molecule has 0 heterocycles. The number of carbonyl (C=O) groups is 1. The normalized spacial score (nSPS) is 10.1. The highest BCUT2D eigenvalue weighted by Gasteiger charge is 2.16. The molecule has 2 aromatic carbocycles. The second-order valence-electron chi connectivity index (χ2n) is 3.45. The minimum Gasteiger partial charge on any atom is -0.478 e. The van der Waals surface area contributed by atoms with E-state index in [1.165, 1.54) is 6.07 Å². The third-order valence-corrected chi connectivity index (χ3v) is 2.86. The van der Waals surface area contributed by atoms with Crippen LogP contribution in [0.4, 0.5) is 0 Å². The molecule has 0 atom stereocenters. The molecule has 0 spiro atoms. The van der Waals surface area contributed by atoms with Gasteiger partial charge in [-0.3, -0.25) is 0 Å². The first-order valence-corrected chi connectivity index (χ1v) is 5.79. The molecule has 0 aliphatic heterocycles. The molecule has 2 rings (SSSR count). The van der Waals surface area contributed by atoms with E-state index in [2.05, 4.69) is 0 Å². The van der Waals surface area contributed by atoms with E-state index in [4.69, 9.17) is 33.0 Å². The predicted octanol–water partition coefficient (Wildman–Crippen LogP) is 4.48. The molecule has 0 aliphatic carbocycles. The lowest BCUT2D eigenvalue weighted by atomic mass is 10.2. The topological polar surface area (TPSA) is 46.5 Å². The summed E-state index contributed by atoms with van der Waals surface area (Å²) in [7, 11) is 0. The van der Waals surface area contributed by atoms with Gasteiger partial charge in [0.15, 0.2) is 5.75 Å². The summed E-state index contributed by atoms with van der Waals surface area (Å²) in [6.45, 7) is 0. The number of para-hydroxylation sites is 2. The van der Waals surface area contributed by atoms with Crippen LogP contribution in [0.1, 0.15) is 10.4 Å². The summed E-state index contributed by atoms with van der Waals surface area (Å²) in [5.74, 6) is -0.672. The fourth-order valence-corrected chi connectivity index (χ4v) is 1.81. The van der Waals surface area contributed by atoms with E-state index in [9.17, 15) is 4.79 Å². The van der Waals surface area contributed by atoms with Crippen LogP contribution in [0.25, 0.3) is 0 Å². The zero-order valence-corrected chi connectivity index (χ0v) is 10.6. The molecule has 0 amide bonds. The molecular weight excluding hydrogens is 275 g/mol. The SMILES string of the molecule is O=C(O)c1cccc(Cl)c1Oc1ccccc1Cl. The van der Waals surface area contributed by atoms with E-state index in [1.54, 1.807) is 36.4 Å². The fourth-order valence-electron chi connectivity index (χ4n) is 1.42. The standard InChI is InChI=1S/C13H8Cl2O3/c14-9-5-1-2-7-11(9)18-12-8(13(16)17)4-3-6-10(12)15/h1-7H,(H,16,17). The van der Waals surface area contributed by atoms with Gasteiger partial charge < -0.3 is 9.84 Å². The molecule has 3 nitrogen and oxygen atoms in total. The van der Waals surface area contributed by atoms with Crippen molar-refractivity contribution in [3.8, 4) is 11.5 Å². The van der Waals surface area contributed by atoms with E-state index in [0.29, 0.717) is 10.8 Å². The van der Waals surface area contributed by atoms with Gasteiger partial charge in [-0.25, -0.2) is 4.79 Å². The number of carboxylic acids is 1. The minimum absolute atomic E-state index is 0.0116. The van der Waals surface area contributed by atoms with Gasteiger partial charge in [-0.15, -0.1) is 0 Å². The van der Waals surface area contributed by atoms with Gasteiger partial charge in [0.1, 0.15) is 11.3 Å². The molecule has 0 unspecified atom stereocenters. The Bertz CT molecular complexity index is 597. The molecule has 2 aromatic rings. The molecule has 0 fully saturated rings. The van der Waals surface area contributed by atoms with Gasteiger partial charge in [0.2, 0.25) is 0 Å². The molecule has 0 radical (unpaired) electrons. The van der Waals surface area contributed by atoms with Crippen LogP contribution in [0.15, 0.2) is 42.5 Å². The number of halogens is 2. The summed E-state index contributed by atoms with van der Waals surface area (Å²) in [4.78, 5) is 11.1. The average Bonchev–Trinajstić information content (AvgIpc) is 2.34. The third kappa shape index (κ3) is 2.58. The first-order chi connectivity index (χ1) is 8.59. The summed E-state index contributed by atoms with van der Waals surface area (Å²) < 4.78 is 5.49. The number of hydrogen-bond acceptors (Lipinski definition) is 2. The molecular formula is C13H8Cl2O3. The van der Waals surface area contributed by atoms with Crippen LogP contribution in [0.5, 0.6) is 11.5 Å². The van der Waals surface area contributed by atoms with Crippen molar-refractivity contribution in [1.29, 1.82) is 0 Å². The van der Waals surface area contributed by atoms with Crippen molar-refractivity contribution in [3.05, 3.63) is 58.1 Å². The zero-order chi connectivity index (χ0) is 13.1. The molecule has 0 aliphatic rings. The van der Waals surface area contributed by atoms with E-state index >= 15 is 0 Å². The van der Waals surface area contributed by atoms with Gasteiger partial charge >= 0.3 is 5.97 Å². The van der Waals surface area contributed by atoms with Crippen molar-refractivity contribution >= 4 is 29.2 Å². The van der Waals surface area contributed by atoms with E-state index in [0.717, 1.165) is 0 Å². The molecule has 92 valence electrons. The fraction of sp³-hybridized carbons (Fsp3) is 0. The van der Waals surface area contributed by atoms with Crippen molar-refractivity contribution in [1.82, 2.24) is 0 Å². The van der Waals surface area contributed by atoms with Crippen molar-refractivity contribution < 1.29 is 14.6 Å². The maximum Gasteiger partial charge on any atom is 0.339 e. The van der Waals surface area contributed by atoms with E-state index in [1.807, 2.05) is 0 Å². The third-order valence-electron chi connectivity index (χ3n) is 2.25. The number of benzene rings is 2. The Morgan fingerprint density at radius 2 is 1.67 bits per heavy atom. The smallest absolute Gasteiger partial charge is 0.339 e. The van der Waals surface area contributed by atoms with Crippen molar-refractivity contribution in [3.63, 3.8) is 0 Å². The van der Waals surface area contributed by atoms with Gasteiger partial charge in [0.25, 0.3) is 0 Å². The zero-order valence-electron chi connectivity index (χ0n) is 9.06. The Morgan fingerprint density at radius 1 is 1.00 bits per heavy atom. The lowest BCUT2D eigenvalue weighted by molar-refractivity contribution is 0.0694. The Balaban J connectivity index is 2.46. The van der Waals surface area contributed by atoms with Crippen LogP contribution in [0.3, 0.4) is 0 Å². The molecule has 0 aromatic heterocycles. The minimum atomic E-state index is -1.11. The van der Waals surface area contributed by atoms with Gasteiger partial charge in [-0.1, -0.05) is 41.4 Å². The van der Waals surface area contributed by atoms with Crippen molar-refractivity contribution in [2.75, 3.05) is 0 Å². The Morgan fingerprint density at radius 3 is 2.33 bits per heavy atom. The quantitative estimate of drug-likeness (QED) is 0.903. The highest BCUT2D eigenvalue weighted by atomic mass is 35.5. The van der Waals surface area contributed by atoms with Gasteiger partial charge in [-0.05, 0) is 24.3 Å². The average molecular weight is 283 g/mol. The van der Waals surface area contributed by atoms with Crippen LogP contribution in [-0.4, -0.2) is 11.1 Å². The van der Waals surface area contributed by atoms with Crippen LogP contribution < -0.4 is 4.74 Å². The number of carboxylic acid groups (broad SMARTS) is 1. The number of aromatic carboxylic acids is 1. The molecule has 1 N–H and O–H groups in total. The maximum absolute atomic E-state index is 11.1. The van der Waals surface area contributed by atoms with Gasteiger partial charge in [0, 0.05) is 0 Å². The second kappa shape index (κ2) is 5.29. The Kier molecular flexibility index (Phi) is 3.75. The van der Waals surface area contributed by atoms with Crippen LogP contribution in [0, 0.1) is 0 Å². The highest BCUT2D eigenvalue weighted by Crippen LogP contribution is 2.35. The first-order valence-electron chi connectivity index (χ1n) is 5.04. The summed E-state index contributed by atoms with van der Waals surface area (Å²) >= 11 is 11.9. The number of hydrogen-bond donors (Lipinski definition) is 1. The monoisotopic (exact) mass is 282 g/mol. The number of rotatable bonds is 3. The van der Waals surface area contributed by atoms with Crippen LogP contribution in [0.2, 0.25) is 10.0 Å². The lowest BCUT2D eigenvalue weighted by Gasteiger charge is -2.11. The van der Waals surface area contributed by atoms with Crippen LogP contribution >= 0.6 is 23.2 Å². The highest BCUT2D eigenvalue weighted by molar-refractivity contribution is 6.33. The summed E-state index contributed by atoms with van der Waals surface area (Å²) in [5, 5.41) is 9.67. The molecule has 0 bridgehead atoms. The van der Waals surface area contributed by atoms with Crippen molar-refractivity contribution in [2.24, 2.45) is 0 Å². The van der Waals surface area contributed by atoms with Crippen molar-refractivity contribution in [2.45, 2.75) is 0 Å². The molecule has 0 saturated carbocycles. The van der Waals surface area contributed by atoms with Crippen LogP contribution in [-0.2, 0) is 0 Å². The van der Waals surface area contributed by atoms with E-state index in [-0.39, 0.29) is 16.3 Å². The van der Waals surface area contributed by atoms with Gasteiger partial charge in [0.05, 0.1) is 10.0 Å². The van der Waals surface area contributed by atoms with Gasteiger partial charge in [-0.2, -0.15) is 0 Å². The summed E-state index contributed by atoms with van der Waals surface area (Å²) in [5.41, 5.74) is -0.0116. The Hall–Kier alpha value is -1.71. The maximum atomic E-state index is 11.1. The first kappa shape index (κ1) is 12.7. The number of ether oxygens (including phenoxy) is 1. The summed E-state index contributed by atoms with van der Waals surface area (Å²) in [6, 6.07) is 11.3. The molecule has 0 saturated heterocycles. The second-order valence-corrected chi connectivity index (χ2v) is 4.27. The summed E-state index contributed by atoms with van der Waals surface area (Å²) in [6.07, 6.45) is 0. The molecule has 5 heteroatoms. The Labute approximate surface area is 114 Å². The predicted molar refractivity (Wildman–Crippen MR) is 69.9 cm³/mol. The lowest BCUT2D eigenvalue weighted by Crippen LogP contribution is -2.00.